The van der Waals surface area contributed by atoms with Gasteiger partial charge in [0.1, 0.15) is 0 Å². The molecule has 122 valence electrons. The maximum atomic E-state index is 9.00. The molecule has 0 spiro atoms. The van der Waals surface area contributed by atoms with Crippen molar-refractivity contribution in [2.75, 3.05) is 0 Å². The summed E-state index contributed by atoms with van der Waals surface area (Å²) in [6, 6.07) is 0. The van der Waals surface area contributed by atoms with E-state index in [1.54, 1.807) is 0 Å². The Morgan fingerprint density at radius 2 is 0.429 bits per heavy atom. The van der Waals surface area contributed by atoms with Crippen molar-refractivity contribution in [3.8, 4) is 0 Å². The molecule has 0 aliphatic carbocycles. The van der Waals surface area contributed by atoms with Crippen LogP contribution in [0.2, 0.25) is 0 Å². The summed E-state index contributed by atoms with van der Waals surface area (Å²) in [4.78, 5) is 45.0. The number of rotatable bonds is 0. The number of carboxylic acids is 5. The fourth-order valence-electron chi connectivity index (χ4n) is 0. The molecule has 2 radical (unpaired) electrons. The fraction of sp³-hybridized carbons (Fsp3) is 0.500. The summed E-state index contributed by atoms with van der Waals surface area (Å²) in [6.45, 7) is 5.42. The van der Waals surface area contributed by atoms with Crippen LogP contribution in [-0.4, -0.2) is 93.1 Å². The van der Waals surface area contributed by atoms with Crippen molar-refractivity contribution in [1.82, 2.24) is 0 Å². The van der Waals surface area contributed by atoms with Crippen LogP contribution in [0.25, 0.3) is 0 Å². The van der Waals surface area contributed by atoms with Crippen molar-refractivity contribution in [3.05, 3.63) is 0 Å². The Balaban J connectivity index is -0.0000000331. The zero-order valence-electron chi connectivity index (χ0n) is 12.5. The third kappa shape index (κ3) is 2660. The van der Waals surface area contributed by atoms with E-state index >= 15 is 0 Å². The summed E-state index contributed by atoms with van der Waals surface area (Å²) in [7, 11) is 0. The van der Waals surface area contributed by atoms with Gasteiger partial charge >= 0.3 is 0 Å². The molecule has 0 rings (SSSR count). The van der Waals surface area contributed by atoms with Crippen LogP contribution in [0.3, 0.4) is 0 Å². The van der Waals surface area contributed by atoms with Crippen LogP contribution < -0.4 is 0 Å². The SMILES string of the molecule is CC(=O)O.CC(=O)O.CC(=O)O.CC(=O)O.CC(=O)O.[Ca]. The second kappa shape index (κ2) is 31.2. The van der Waals surface area contributed by atoms with Gasteiger partial charge in [0.25, 0.3) is 29.8 Å². The van der Waals surface area contributed by atoms with Crippen molar-refractivity contribution in [2.45, 2.75) is 34.6 Å². The molecule has 0 aromatic heterocycles. The first-order valence-corrected chi connectivity index (χ1v) is 4.64. The maximum absolute atomic E-state index is 9.00. The Morgan fingerprint density at radius 1 is 0.429 bits per heavy atom. The minimum absolute atomic E-state index is 0. The molecule has 0 amide bonds. The molecular formula is C10H20CaO10. The molecule has 5 N–H and O–H groups in total. The van der Waals surface area contributed by atoms with Crippen LogP contribution in [-0.2, 0) is 24.0 Å². The standard InChI is InChI=1S/5C2H4O2.Ca/c5*1-2(3)4;/h5*1H3,(H,3,4);. The molecule has 10 nitrogen and oxygen atoms in total. The van der Waals surface area contributed by atoms with E-state index in [1.165, 1.54) is 0 Å². The van der Waals surface area contributed by atoms with Crippen LogP contribution in [0.15, 0.2) is 0 Å². The van der Waals surface area contributed by atoms with E-state index in [4.69, 9.17) is 49.5 Å². The van der Waals surface area contributed by atoms with Gasteiger partial charge in [-0.25, -0.2) is 0 Å². The summed E-state index contributed by atoms with van der Waals surface area (Å²) >= 11 is 0. The van der Waals surface area contributed by atoms with Gasteiger partial charge in [-0.3, -0.25) is 24.0 Å². The van der Waals surface area contributed by atoms with Gasteiger partial charge in [-0.2, -0.15) is 0 Å². The third-order valence-corrected chi connectivity index (χ3v) is 0. The van der Waals surface area contributed by atoms with Crippen molar-refractivity contribution in [1.29, 1.82) is 0 Å². The molecule has 0 aliphatic heterocycles. The zero-order chi connectivity index (χ0) is 17.9. The van der Waals surface area contributed by atoms with Crippen LogP contribution >= 0.6 is 0 Å². The van der Waals surface area contributed by atoms with E-state index in [1.807, 2.05) is 0 Å². The number of aliphatic carboxylic acids is 5. The topological polar surface area (TPSA) is 186 Å². The van der Waals surface area contributed by atoms with Crippen molar-refractivity contribution in [3.63, 3.8) is 0 Å². The molecule has 0 fully saturated rings. The van der Waals surface area contributed by atoms with Crippen LogP contribution in [0.4, 0.5) is 0 Å². The first-order chi connectivity index (χ1) is 8.66. The van der Waals surface area contributed by atoms with Gasteiger partial charge in [0, 0.05) is 72.4 Å². The fourth-order valence-corrected chi connectivity index (χ4v) is 0. The van der Waals surface area contributed by atoms with Crippen LogP contribution in [0.1, 0.15) is 34.6 Å². The van der Waals surface area contributed by atoms with Gasteiger partial charge in [0.05, 0.1) is 0 Å². The molecular weight excluding hydrogens is 320 g/mol. The minimum Gasteiger partial charge on any atom is -0.481 e. The zero-order valence-corrected chi connectivity index (χ0v) is 14.7. The predicted octanol–water partition coefficient (Wildman–Crippen LogP) is 0.0737. The average Bonchev–Trinajstić information content (AvgIpc) is 1.94. The Hall–Kier alpha value is -1.39. The minimum atomic E-state index is -0.833. The van der Waals surface area contributed by atoms with E-state index in [9.17, 15) is 0 Å². The Bertz CT molecular complexity index is 211. The largest absolute Gasteiger partial charge is 0.481 e. The van der Waals surface area contributed by atoms with E-state index in [-0.39, 0.29) is 37.7 Å². The molecule has 0 aromatic rings. The normalized spacial score (nSPS) is 5.95. The molecule has 0 saturated carbocycles. The van der Waals surface area contributed by atoms with Gasteiger partial charge in [-0.15, -0.1) is 0 Å². The first kappa shape index (κ1) is 36.7. The molecule has 0 aromatic carbocycles. The molecule has 0 aliphatic rings. The molecule has 21 heavy (non-hydrogen) atoms. The van der Waals surface area contributed by atoms with Gasteiger partial charge in [0.2, 0.25) is 0 Å². The summed E-state index contributed by atoms with van der Waals surface area (Å²) in [6.07, 6.45) is 0. The van der Waals surface area contributed by atoms with Gasteiger partial charge < -0.3 is 25.5 Å². The second-order valence-electron chi connectivity index (χ2n) is 2.60. The number of carboxylic acid groups (broad SMARTS) is 5. The molecule has 0 heterocycles. The summed E-state index contributed by atoms with van der Waals surface area (Å²) in [5.41, 5.74) is 0. The van der Waals surface area contributed by atoms with Crippen LogP contribution in [0, 0.1) is 0 Å². The average molecular weight is 340 g/mol. The molecule has 11 heteroatoms. The first-order valence-electron chi connectivity index (χ1n) is 4.64. The molecule has 0 bridgehead atoms. The molecule has 0 atom stereocenters. The number of hydrogen-bond acceptors (Lipinski definition) is 5. The van der Waals surface area contributed by atoms with Crippen LogP contribution in [0.5, 0.6) is 0 Å². The van der Waals surface area contributed by atoms with E-state index in [0.717, 1.165) is 34.6 Å². The van der Waals surface area contributed by atoms with E-state index in [2.05, 4.69) is 0 Å². The van der Waals surface area contributed by atoms with Crippen molar-refractivity contribution >= 4 is 67.6 Å². The second-order valence-corrected chi connectivity index (χ2v) is 2.60. The monoisotopic (exact) mass is 340 g/mol. The van der Waals surface area contributed by atoms with Gasteiger partial charge in [-0.05, 0) is 0 Å². The number of hydrogen-bond donors (Lipinski definition) is 5. The van der Waals surface area contributed by atoms with Crippen molar-refractivity contribution in [2.24, 2.45) is 0 Å². The quantitative estimate of drug-likeness (QED) is 0.378. The summed E-state index contributed by atoms with van der Waals surface area (Å²) < 4.78 is 0. The Morgan fingerprint density at radius 3 is 0.429 bits per heavy atom. The van der Waals surface area contributed by atoms with Gasteiger partial charge in [-0.1, -0.05) is 0 Å². The smallest absolute Gasteiger partial charge is 0.300 e. The Kier molecular flexibility index (Phi) is 54.4. The number of carbonyl (C=O) groups is 5. The van der Waals surface area contributed by atoms with E-state index in [0.29, 0.717) is 0 Å². The third-order valence-electron chi connectivity index (χ3n) is 0. The maximum Gasteiger partial charge on any atom is 0.300 e. The Labute approximate surface area is 151 Å². The van der Waals surface area contributed by atoms with Crippen molar-refractivity contribution < 1.29 is 49.5 Å². The summed E-state index contributed by atoms with van der Waals surface area (Å²) in [5, 5.41) is 37.1. The van der Waals surface area contributed by atoms with Gasteiger partial charge in [0.15, 0.2) is 0 Å². The molecule has 0 unspecified atom stereocenters. The summed E-state index contributed by atoms with van der Waals surface area (Å²) in [5.74, 6) is -4.17. The van der Waals surface area contributed by atoms with E-state index < -0.39 is 29.8 Å². The predicted molar refractivity (Wildman–Crippen MR) is 72.3 cm³/mol. The molecule has 0 saturated heterocycles.